The number of likely N-dealkylation sites (N-methyl/N-ethyl adjacent to an activating group) is 1. The van der Waals surface area contributed by atoms with Crippen LogP contribution in [0.2, 0.25) is 0 Å². The standard InChI is InChI=1S/C22H29F3N8OS/c1-5-33(6-2)8-7-28-15-9-14(22(23,24)25)10-16(11-15)30-19(34)13(3)29-18-17(12-26)20(35-4)32-21(27)31-18/h9-11,13,28H,5-8H2,1-4H3,(H,30,34)(H3,27,29,31,32)/t13-/m0/s1. The SMILES string of the molecule is CCN(CC)CCNc1cc(NC(=O)[C@H](C)Nc2nc(N)nc(SC)c2C#N)cc(C(F)(F)F)c1. The number of carbonyl (C=O) groups is 1. The van der Waals surface area contributed by atoms with Crippen molar-refractivity contribution in [1.82, 2.24) is 14.9 Å². The molecule has 0 aliphatic carbocycles. The summed E-state index contributed by atoms with van der Waals surface area (Å²) in [4.78, 5) is 22.9. The second-order valence-corrected chi connectivity index (χ2v) is 8.33. The Morgan fingerprint density at radius 1 is 1.23 bits per heavy atom. The maximum atomic E-state index is 13.5. The molecule has 1 heterocycles. The van der Waals surface area contributed by atoms with Gasteiger partial charge in [-0.2, -0.15) is 23.4 Å². The first-order valence-electron chi connectivity index (χ1n) is 10.9. The highest BCUT2D eigenvalue weighted by Crippen LogP contribution is 2.33. The minimum Gasteiger partial charge on any atom is -0.384 e. The van der Waals surface area contributed by atoms with E-state index in [4.69, 9.17) is 5.73 Å². The van der Waals surface area contributed by atoms with E-state index in [0.717, 1.165) is 25.2 Å². The molecular weight excluding hydrogens is 481 g/mol. The van der Waals surface area contributed by atoms with Gasteiger partial charge in [0.1, 0.15) is 22.7 Å². The minimum atomic E-state index is -4.59. The van der Waals surface area contributed by atoms with Crippen molar-refractivity contribution < 1.29 is 18.0 Å². The summed E-state index contributed by atoms with van der Waals surface area (Å²) in [7, 11) is 0. The van der Waals surface area contributed by atoms with Gasteiger partial charge in [-0.15, -0.1) is 11.8 Å². The van der Waals surface area contributed by atoms with Gasteiger partial charge in [-0.1, -0.05) is 13.8 Å². The van der Waals surface area contributed by atoms with Gasteiger partial charge < -0.3 is 26.6 Å². The molecule has 0 unspecified atom stereocenters. The van der Waals surface area contributed by atoms with Gasteiger partial charge >= 0.3 is 6.18 Å². The Labute approximate surface area is 206 Å². The molecule has 1 aromatic heterocycles. The molecule has 0 fully saturated rings. The fraction of sp³-hybridized carbons (Fsp3) is 0.455. The van der Waals surface area contributed by atoms with E-state index in [0.29, 0.717) is 18.1 Å². The zero-order valence-corrected chi connectivity index (χ0v) is 20.8. The average Bonchev–Trinajstić information content (AvgIpc) is 2.80. The zero-order valence-electron chi connectivity index (χ0n) is 20.0. The molecule has 2 aromatic rings. The second kappa shape index (κ2) is 12.5. The topological polar surface area (TPSA) is 132 Å². The van der Waals surface area contributed by atoms with Crippen LogP contribution < -0.4 is 21.7 Å². The first-order chi connectivity index (χ1) is 16.5. The quantitative estimate of drug-likeness (QED) is 0.263. The van der Waals surface area contributed by atoms with Crippen LogP contribution in [0.3, 0.4) is 0 Å². The highest BCUT2D eigenvalue weighted by molar-refractivity contribution is 7.98. The summed E-state index contributed by atoms with van der Waals surface area (Å²) in [6, 6.07) is 4.35. The number of amides is 1. The van der Waals surface area contributed by atoms with Crippen LogP contribution >= 0.6 is 11.8 Å². The number of benzene rings is 1. The summed E-state index contributed by atoms with van der Waals surface area (Å²) in [5.74, 6) is -0.637. The highest BCUT2D eigenvalue weighted by atomic mass is 32.2. The normalized spacial score (nSPS) is 12.2. The molecule has 9 nitrogen and oxygen atoms in total. The summed E-state index contributed by atoms with van der Waals surface area (Å²) >= 11 is 1.19. The fourth-order valence-electron chi connectivity index (χ4n) is 3.19. The lowest BCUT2D eigenvalue weighted by atomic mass is 10.1. The largest absolute Gasteiger partial charge is 0.416 e. The van der Waals surface area contributed by atoms with Gasteiger partial charge in [-0.25, -0.2) is 4.98 Å². The van der Waals surface area contributed by atoms with Gasteiger partial charge in [-0.3, -0.25) is 4.79 Å². The molecule has 0 spiro atoms. The van der Waals surface area contributed by atoms with Gasteiger partial charge in [0.2, 0.25) is 11.9 Å². The number of hydrogen-bond donors (Lipinski definition) is 4. The Morgan fingerprint density at radius 2 is 1.89 bits per heavy atom. The van der Waals surface area contributed by atoms with E-state index in [1.165, 1.54) is 24.8 Å². The average molecular weight is 511 g/mol. The maximum absolute atomic E-state index is 13.5. The molecule has 1 aromatic carbocycles. The van der Waals surface area contributed by atoms with Crippen LogP contribution in [-0.4, -0.2) is 59.3 Å². The lowest BCUT2D eigenvalue weighted by Crippen LogP contribution is -2.33. The first-order valence-corrected chi connectivity index (χ1v) is 12.1. The minimum absolute atomic E-state index is 0.0173. The number of aromatic nitrogens is 2. The number of hydrogen-bond acceptors (Lipinski definition) is 9. The van der Waals surface area contributed by atoms with E-state index in [1.54, 1.807) is 6.26 Å². The van der Waals surface area contributed by atoms with Crippen LogP contribution in [0.5, 0.6) is 0 Å². The molecule has 13 heteroatoms. The number of rotatable bonds is 11. The third-order valence-electron chi connectivity index (χ3n) is 5.12. The van der Waals surface area contributed by atoms with Gasteiger partial charge in [0, 0.05) is 24.5 Å². The molecule has 0 radical (unpaired) electrons. The number of alkyl halides is 3. The zero-order chi connectivity index (χ0) is 26.2. The van der Waals surface area contributed by atoms with Crippen LogP contribution in [0.15, 0.2) is 23.2 Å². The Bertz CT molecular complexity index is 1070. The fourth-order valence-corrected chi connectivity index (χ4v) is 3.73. The van der Waals surface area contributed by atoms with Crippen LogP contribution in [0, 0.1) is 11.3 Å². The Kier molecular flexibility index (Phi) is 9.97. The summed E-state index contributed by atoms with van der Waals surface area (Å²) < 4.78 is 40.4. The number of nitrogens with two attached hydrogens (primary N) is 1. The van der Waals surface area contributed by atoms with Crippen LogP contribution in [0.25, 0.3) is 0 Å². The number of thioether (sulfide) groups is 1. The van der Waals surface area contributed by atoms with Crippen molar-refractivity contribution in [1.29, 1.82) is 5.26 Å². The Morgan fingerprint density at radius 3 is 2.46 bits per heavy atom. The van der Waals surface area contributed by atoms with Gasteiger partial charge in [0.05, 0.1) is 5.56 Å². The first kappa shape index (κ1) is 28.0. The molecule has 1 amide bonds. The number of nitrogen functional groups attached to an aromatic ring is 1. The van der Waals surface area contributed by atoms with E-state index in [1.807, 2.05) is 19.9 Å². The molecule has 190 valence electrons. The molecule has 5 N–H and O–H groups in total. The molecule has 0 saturated heterocycles. The predicted octanol–water partition coefficient (Wildman–Crippen LogP) is 3.86. The lowest BCUT2D eigenvalue weighted by molar-refractivity contribution is -0.137. The second-order valence-electron chi connectivity index (χ2n) is 7.53. The lowest BCUT2D eigenvalue weighted by Gasteiger charge is -2.20. The maximum Gasteiger partial charge on any atom is 0.416 e. The third kappa shape index (κ3) is 7.90. The molecule has 2 rings (SSSR count). The van der Waals surface area contributed by atoms with Crippen molar-refractivity contribution in [3.8, 4) is 6.07 Å². The van der Waals surface area contributed by atoms with Crippen molar-refractivity contribution in [2.24, 2.45) is 0 Å². The van der Waals surface area contributed by atoms with Crippen molar-refractivity contribution in [2.45, 2.75) is 38.0 Å². The number of nitrogens with one attached hydrogen (secondary N) is 3. The summed E-state index contributed by atoms with van der Waals surface area (Å²) in [5, 5.41) is 18.1. The monoisotopic (exact) mass is 510 g/mol. The van der Waals surface area contributed by atoms with Crippen LogP contribution in [-0.2, 0) is 11.0 Å². The molecule has 0 aliphatic rings. The van der Waals surface area contributed by atoms with E-state index in [9.17, 15) is 23.2 Å². The molecular formula is C22H29F3N8OS. The van der Waals surface area contributed by atoms with Crippen LogP contribution in [0.1, 0.15) is 31.9 Å². The van der Waals surface area contributed by atoms with Gasteiger partial charge in [0.15, 0.2) is 5.82 Å². The van der Waals surface area contributed by atoms with Crippen molar-refractivity contribution in [2.75, 3.05) is 54.1 Å². The highest BCUT2D eigenvalue weighted by Gasteiger charge is 2.31. The summed E-state index contributed by atoms with van der Waals surface area (Å²) in [6.45, 7) is 8.27. The van der Waals surface area contributed by atoms with E-state index >= 15 is 0 Å². The smallest absolute Gasteiger partial charge is 0.384 e. The van der Waals surface area contributed by atoms with E-state index < -0.39 is 23.7 Å². The van der Waals surface area contributed by atoms with Crippen molar-refractivity contribution in [3.63, 3.8) is 0 Å². The molecule has 0 aliphatic heterocycles. The predicted molar refractivity (Wildman–Crippen MR) is 132 cm³/mol. The number of nitrogens with zero attached hydrogens (tertiary/aromatic N) is 4. The van der Waals surface area contributed by atoms with Crippen molar-refractivity contribution in [3.05, 3.63) is 29.3 Å². The summed E-state index contributed by atoms with van der Waals surface area (Å²) in [5.41, 5.74) is 5.13. The number of carbonyl (C=O) groups excluding carboxylic acids is 1. The van der Waals surface area contributed by atoms with E-state index in [2.05, 4.69) is 30.8 Å². The third-order valence-corrected chi connectivity index (χ3v) is 5.81. The number of nitriles is 1. The molecule has 1 atom stereocenters. The molecule has 35 heavy (non-hydrogen) atoms. The summed E-state index contributed by atoms with van der Waals surface area (Å²) in [6.07, 6.45) is -2.88. The van der Waals surface area contributed by atoms with Gasteiger partial charge in [0.25, 0.3) is 0 Å². The molecule has 0 bridgehead atoms. The Balaban J connectivity index is 2.21. The Hall–Kier alpha value is -3.24. The van der Waals surface area contributed by atoms with Crippen molar-refractivity contribution >= 4 is 40.8 Å². The van der Waals surface area contributed by atoms with Gasteiger partial charge in [-0.05, 0) is 44.5 Å². The number of halogens is 3. The number of anilines is 4. The molecule has 0 saturated carbocycles. The van der Waals surface area contributed by atoms with E-state index in [-0.39, 0.29) is 28.7 Å². The van der Waals surface area contributed by atoms with Crippen LogP contribution in [0.4, 0.5) is 36.3 Å².